The van der Waals surface area contributed by atoms with Crippen molar-refractivity contribution < 1.29 is 23.0 Å². The lowest BCUT2D eigenvalue weighted by Gasteiger charge is -2.28. The van der Waals surface area contributed by atoms with Crippen molar-refractivity contribution in [1.82, 2.24) is 10.2 Å². The summed E-state index contributed by atoms with van der Waals surface area (Å²) in [7, 11) is 3.10. The fourth-order valence-corrected chi connectivity index (χ4v) is 3.79. The monoisotopic (exact) mass is 406 g/mol. The first-order valence-electron chi connectivity index (χ1n) is 9.81. The quantitative estimate of drug-likeness (QED) is 0.640. The predicted molar refractivity (Wildman–Crippen MR) is 108 cm³/mol. The van der Waals surface area contributed by atoms with Gasteiger partial charge in [-0.05, 0) is 49.7 Å². The predicted octanol–water partition coefficient (Wildman–Crippen LogP) is 4.23. The number of methoxy groups -OCH3 is 2. The summed E-state index contributed by atoms with van der Waals surface area (Å²) < 4.78 is 41.0. The maximum atomic E-state index is 12.8. The van der Waals surface area contributed by atoms with Gasteiger partial charge in [-0.25, -0.2) is 0 Å². The molecule has 2 aromatic rings. The Morgan fingerprint density at radius 1 is 1.03 bits per heavy atom. The van der Waals surface area contributed by atoms with Crippen LogP contribution in [-0.4, -0.2) is 45.4 Å². The SMILES string of the molecule is COc1cccc(C(CNCc2cccc(OC)c2OC(F)F)N2CCCC2)c1. The van der Waals surface area contributed by atoms with Gasteiger partial charge in [0, 0.05) is 24.7 Å². The van der Waals surface area contributed by atoms with Crippen molar-refractivity contribution in [1.29, 1.82) is 0 Å². The summed E-state index contributed by atoms with van der Waals surface area (Å²) in [5, 5.41) is 3.42. The van der Waals surface area contributed by atoms with Crippen LogP contribution in [0.5, 0.6) is 17.2 Å². The van der Waals surface area contributed by atoms with Crippen LogP contribution in [0.15, 0.2) is 42.5 Å². The molecule has 3 rings (SSSR count). The first kappa shape index (κ1) is 21.3. The third-order valence-electron chi connectivity index (χ3n) is 5.20. The Morgan fingerprint density at radius 2 is 1.79 bits per heavy atom. The molecule has 1 aliphatic rings. The maximum Gasteiger partial charge on any atom is 0.387 e. The minimum atomic E-state index is -2.90. The molecule has 7 heteroatoms. The van der Waals surface area contributed by atoms with Gasteiger partial charge in [-0.15, -0.1) is 0 Å². The van der Waals surface area contributed by atoms with E-state index in [4.69, 9.17) is 14.2 Å². The molecule has 1 saturated heterocycles. The molecule has 0 amide bonds. The second-order valence-electron chi connectivity index (χ2n) is 6.99. The van der Waals surface area contributed by atoms with Crippen molar-refractivity contribution in [3.8, 4) is 17.2 Å². The number of benzene rings is 2. The largest absolute Gasteiger partial charge is 0.497 e. The lowest BCUT2D eigenvalue weighted by molar-refractivity contribution is -0.0518. The molecule has 1 N–H and O–H groups in total. The van der Waals surface area contributed by atoms with E-state index in [2.05, 4.69) is 22.3 Å². The Bertz CT molecular complexity index is 782. The molecule has 0 saturated carbocycles. The molecule has 0 aliphatic carbocycles. The molecule has 0 aromatic heterocycles. The minimum absolute atomic E-state index is 0.0802. The lowest BCUT2D eigenvalue weighted by atomic mass is 10.0. The average molecular weight is 406 g/mol. The van der Waals surface area contributed by atoms with E-state index < -0.39 is 6.61 Å². The van der Waals surface area contributed by atoms with Crippen LogP contribution < -0.4 is 19.5 Å². The molecule has 0 bridgehead atoms. The van der Waals surface area contributed by atoms with E-state index >= 15 is 0 Å². The number of likely N-dealkylation sites (tertiary alicyclic amines) is 1. The van der Waals surface area contributed by atoms with E-state index in [9.17, 15) is 8.78 Å². The van der Waals surface area contributed by atoms with E-state index in [-0.39, 0.29) is 11.8 Å². The van der Waals surface area contributed by atoms with Crippen LogP contribution >= 0.6 is 0 Å². The van der Waals surface area contributed by atoms with Crippen LogP contribution in [0.1, 0.15) is 30.0 Å². The van der Waals surface area contributed by atoms with Gasteiger partial charge in [0.1, 0.15) is 5.75 Å². The number of rotatable bonds is 10. The molecule has 1 aliphatic heterocycles. The highest BCUT2D eigenvalue weighted by molar-refractivity contribution is 5.46. The average Bonchev–Trinajstić information content (AvgIpc) is 3.26. The van der Waals surface area contributed by atoms with Crippen molar-refractivity contribution in [2.45, 2.75) is 32.0 Å². The van der Waals surface area contributed by atoms with Gasteiger partial charge in [-0.3, -0.25) is 4.90 Å². The van der Waals surface area contributed by atoms with Crippen LogP contribution in [0.25, 0.3) is 0 Å². The van der Waals surface area contributed by atoms with E-state index in [1.54, 1.807) is 25.3 Å². The van der Waals surface area contributed by atoms with Crippen LogP contribution in [0.4, 0.5) is 8.78 Å². The zero-order valence-electron chi connectivity index (χ0n) is 16.9. The third-order valence-corrected chi connectivity index (χ3v) is 5.20. The Balaban J connectivity index is 1.73. The number of alkyl halides is 2. The highest BCUT2D eigenvalue weighted by atomic mass is 19.3. The zero-order valence-corrected chi connectivity index (χ0v) is 16.9. The Morgan fingerprint density at radius 3 is 2.48 bits per heavy atom. The normalized spacial score (nSPS) is 15.5. The Hall–Kier alpha value is -2.38. The van der Waals surface area contributed by atoms with Crippen LogP contribution in [0, 0.1) is 0 Å². The van der Waals surface area contributed by atoms with E-state index in [0.717, 1.165) is 18.8 Å². The molecule has 5 nitrogen and oxygen atoms in total. The minimum Gasteiger partial charge on any atom is -0.497 e. The highest BCUT2D eigenvalue weighted by Gasteiger charge is 2.24. The van der Waals surface area contributed by atoms with Crippen molar-refractivity contribution in [3.63, 3.8) is 0 Å². The van der Waals surface area contributed by atoms with E-state index in [0.29, 0.717) is 24.4 Å². The zero-order chi connectivity index (χ0) is 20.6. The summed E-state index contributed by atoms with van der Waals surface area (Å²) in [6.07, 6.45) is 2.37. The van der Waals surface area contributed by atoms with Gasteiger partial charge in [0.25, 0.3) is 0 Å². The molecule has 0 spiro atoms. The standard InChI is InChI=1S/C22H28F2N2O3/c1-27-18-9-5-7-16(13-18)19(26-11-3-4-12-26)15-25-14-17-8-6-10-20(28-2)21(17)29-22(23)24/h5-10,13,19,22,25H,3-4,11-12,14-15H2,1-2H3. The summed E-state index contributed by atoms with van der Waals surface area (Å²) in [6, 6.07) is 13.4. The molecule has 1 unspecified atom stereocenters. The molecule has 1 atom stereocenters. The molecule has 1 heterocycles. The number of hydrogen-bond donors (Lipinski definition) is 1. The number of nitrogens with one attached hydrogen (secondary N) is 1. The maximum absolute atomic E-state index is 12.8. The van der Waals surface area contributed by atoms with Gasteiger partial charge in [0.2, 0.25) is 0 Å². The van der Waals surface area contributed by atoms with Gasteiger partial charge in [-0.2, -0.15) is 8.78 Å². The summed E-state index contributed by atoms with van der Waals surface area (Å²) in [4.78, 5) is 2.45. The molecule has 29 heavy (non-hydrogen) atoms. The van der Waals surface area contributed by atoms with Crippen molar-refractivity contribution in [3.05, 3.63) is 53.6 Å². The highest BCUT2D eigenvalue weighted by Crippen LogP contribution is 2.33. The van der Waals surface area contributed by atoms with Crippen LogP contribution in [0.3, 0.4) is 0 Å². The van der Waals surface area contributed by atoms with Crippen molar-refractivity contribution in [2.75, 3.05) is 33.9 Å². The van der Waals surface area contributed by atoms with Gasteiger partial charge in [-0.1, -0.05) is 24.3 Å². The first-order valence-corrected chi connectivity index (χ1v) is 9.81. The second kappa shape index (κ2) is 10.4. The molecule has 2 aromatic carbocycles. The number of ether oxygens (including phenoxy) is 3. The number of para-hydroxylation sites is 1. The van der Waals surface area contributed by atoms with Crippen molar-refractivity contribution >= 4 is 0 Å². The summed E-state index contributed by atoms with van der Waals surface area (Å²) in [5.74, 6) is 1.21. The smallest absolute Gasteiger partial charge is 0.387 e. The summed E-state index contributed by atoms with van der Waals surface area (Å²) >= 11 is 0. The van der Waals surface area contributed by atoms with Crippen LogP contribution in [0.2, 0.25) is 0 Å². The molecular formula is C22H28F2N2O3. The van der Waals surface area contributed by atoms with Crippen molar-refractivity contribution in [2.24, 2.45) is 0 Å². The van der Waals surface area contributed by atoms with Gasteiger partial charge in [0.05, 0.1) is 14.2 Å². The van der Waals surface area contributed by atoms with Gasteiger partial charge in [0.15, 0.2) is 11.5 Å². The Labute approximate surface area is 170 Å². The van der Waals surface area contributed by atoms with E-state index in [1.165, 1.54) is 25.5 Å². The molecular weight excluding hydrogens is 378 g/mol. The topological polar surface area (TPSA) is 43.0 Å². The number of nitrogens with zero attached hydrogens (tertiary/aromatic N) is 1. The summed E-state index contributed by atoms with van der Waals surface area (Å²) in [5.41, 5.74) is 1.81. The fraction of sp³-hybridized carbons (Fsp3) is 0.455. The van der Waals surface area contributed by atoms with Gasteiger partial charge >= 0.3 is 6.61 Å². The second-order valence-corrected chi connectivity index (χ2v) is 6.99. The molecule has 0 radical (unpaired) electrons. The fourth-order valence-electron chi connectivity index (χ4n) is 3.79. The Kier molecular flexibility index (Phi) is 7.66. The lowest BCUT2D eigenvalue weighted by Crippen LogP contribution is -2.34. The molecule has 158 valence electrons. The summed E-state index contributed by atoms with van der Waals surface area (Å²) in [6.45, 7) is 0.260. The number of hydrogen-bond acceptors (Lipinski definition) is 5. The van der Waals surface area contributed by atoms with E-state index in [1.807, 2.05) is 12.1 Å². The van der Waals surface area contributed by atoms with Gasteiger partial charge < -0.3 is 19.5 Å². The first-order chi connectivity index (χ1) is 14.1. The third kappa shape index (κ3) is 5.58. The van der Waals surface area contributed by atoms with Crippen LogP contribution in [-0.2, 0) is 6.54 Å². The number of halogens is 2. The molecule has 1 fully saturated rings.